The van der Waals surface area contributed by atoms with E-state index in [2.05, 4.69) is 4.74 Å². The van der Waals surface area contributed by atoms with Crippen LogP contribution in [0.5, 0.6) is 5.75 Å². The van der Waals surface area contributed by atoms with E-state index in [9.17, 15) is 18.0 Å². The lowest BCUT2D eigenvalue weighted by molar-refractivity contribution is -0.274. The molecule has 0 aliphatic carbocycles. The number of alkyl halides is 4. The third-order valence-corrected chi connectivity index (χ3v) is 2.01. The first kappa shape index (κ1) is 12.8. The molecule has 0 saturated heterocycles. The van der Waals surface area contributed by atoms with Crippen LogP contribution in [0.3, 0.4) is 0 Å². The number of Topliss-reactive ketones (excluding diaryl/α,β-unsaturated/α-hetero) is 1. The number of rotatable bonds is 4. The van der Waals surface area contributed by atoms with E-state index in [1.165, 1.54) is 12.1 Å². The van der Waals surface area contributed by atoms with Crippen LogP contribution in [0, 0.1) is 0 Å². The highest BCUT2D eigenvalue weighted by Crippen LogP contribution is 2.22. The Kier molecular flexibility index (Phi) is 4.18. The van der Waals surface area contributed by atoms with Gasteiger partial charge in [-0.2, -0.15) is 0 Å². The maximum Gasteiger partial charge on any atom is 0.573 e. The van der Waals surface area contributed by atoms with Crippen LogP contribution in [0.25, 0.3) is 0 Å². The van der Waals surface area contributed by atoms with E-state index in [0.717, 1.165) is 12.1 Å². The molecule has 88 valence electrons. The Balaban J connectivity index is 2.64. The van der Waals surface area contributed by atoms with E-state index >= 15 is 0 Å². The molecule has 0 saturated carbocycles. The minimum absolute atomic E-state index is 0.107. The zero-order chi connectivity index (χ0) is 12.2. The van der Waals surface area contributed by atoms with Gasteiger partial charge in [0, 0.05) is 6.42 Å². The van der Waals surface area contributed by atoms with Gasteiger partial charge in [-0.1, -0.05) is 12.1 Å². The Labute approximate surface area is 95.0 Å². The quantitative estimate of drug-likeness (QED) is 0.770. The lowest BCUT2D eigenvalue weighted by Gasteiger charge is -2.08. The highest BCUT2D eigenvalue weighted by atomic mass is 35.5. The summed E-state index contributed by atoms with van der Waals surface area (Å²) in [5.41, 5.74) is 0.597. The molecule has 0 fully saturated rings. The van der Waals surface area contributed by atoms with Crippen molar-refractivity contribution in [2.75, 3.05) is 5.88 Å². The van der Waals surface area contributed by atoms with Gasteiger partial charge in [0.1, 0.15) is 5.75 Å². The van der Waals surface area contributed by atoms with Crippen LogP contribution in [0.1, 0.15) is 5.56 Å². The van der Waals surface area contributed by atoms with E-state index in [-0.39, 0.29) is 23.8 Å². The van der Waals surface area contributed by atoms with Gasteiger partial charge in [0.25, 0.3) is 0 Å². The minimum Gasteiger partial charge on any atom is -0.406 e. The van der Waals surface area contributed by atoms with Crippen LogP contribution in [0.2, 0.25) is 0 Å². The molecule has 0 aromatic heterocycles. The van der Waals surface area contributed by atoms with E-state index < -0.39 is 6.36 Å². The second-order valence-corrected chi connectivity index (χ2v) is 3.31. The van der Waals surface area contributed by atoms with Crippen molar-refractivity contribution in [1.82, 2.24) is 0 Å². The van der Waals surface area contributed by atoms with E-state index in [1.54, 1.807) is 0 Å². The van der Waals surface area contributed by atoms with Crippen LogP contribution < -0.4 is 4.74 Å². The normalized spacial score (nSPS) is 11.2. The molecule has 1 aromatic rings. The molecule has 1 aromatic carbocycles. The third-order valence-electron chi connectivity index (χ3n) is 1.71. The Morgan fingerprint density at radius 2 is 1.81 bits per heavy atom. The van der Waals surface area contributed by atoms with Gasteiger partial charge >= 0.3 is 6.36 Å². The monoisotopic (exact) mass is 252 g/mol. The fourth-order valence-electron chi connectivity index (χ4n) is 1.08. The molecule has 0 aliphatic heterocycles. The van der Waals surface area contributed by atoms with Crippen molar-refractivity contribution in [1.29, 1.82) is 0 Å². The number of hydrogen-bond acceptors (Lipinski definition) is 2. The molecule has 0 aliphatic rings. The van der Waals surface area contributed by atoms with Crippen molar-refractivity contribution in [3.05, 3.63) is 29.8 Å². The first-order valence-electron chi connectivity index (χ1n) is 4.33. The Bertz CT molecular complexity index is 359. The molecule has 0 atom stereocenters. The third kappa shape index (κ3) is 4.53. The number of ether oxygens (including phenoxy) is 1. The lowest BCUT2D eigenvalue weighted by atomic mass is 10.1. The average molecular weight is 253 g/mol. The molecule has 0 radical (unpaired) electrons. The number of hydrogen-bond donors (Lipinski definition) is 0. The van der Waals surface area contributed by atoms with Gasteiger partial charge in [-0.25, -0.2) is 0 Å². The lowest BCUT2D eigenvalue weighted by Crippen LogP contribution is -2.17. The second-order valence-electron chi connectivity index (χ2n) is 3.04. The summed E-state index contributed by atoms with van der Waals surface area (Å²) in [5.74, 6) is -0.610. The summed E-state index contributed by atoms with van der Waals surface area (Å²) in [7, 11) is 0. The standard InChI is InChI=1S/C10H8ClF3O2/c11-6-8(15)5-7-1-3-9(4-2-7)16-10(12,13)14/h1-4H,5-6H2. The highest BCUT2D eigenvalue weighted by molar-refractivity contribution is 6.27. The van der Waals surface area contributed by atoms with Crippen LogP contribution in [-0.2, 0) is 11.2 Å². The van der Waals surface area contributed by atoms with Gasteiger partial charge in [-0.05, 0) is 17.7 Å². The van der Waals surface area contributed by atoms with Gasteiger partial charge in [0.15, 0.2) is 5.78 Å². The summed E-state index contributed by atoms with van der Waals surface area (Å²) in [6.07, 6.45) is -4.59. The maximum absolute atomic E-state index is 11.8. The predicted molar refractivity (Wildman–Crippen MR) is 52.6 cm³/mol. The number of ketones is 1. The van der Waals surface area contributed by atoms with Gasteiger partial charge in [-0.15, -0.1) is 24.8 Å². The molecule has 16 heavy (non-hydrogen) atoms. The van der Waals surface area contributed by atoms with Crippen LogP contribution in [0.15, 0.2) is 24.3 Å². The van der Waals surface area contributed by atoms with Crippen molar-refractivity contribution in [2.45, 2.75) is 12.8 Å². The van der Waals surface area contributed by atoms with Gasteiger partial charge in [-0.3, -0.25) is 4.79 Å². The summed E-state index contributed by atoms with van der Waals surface area (Å²) < 4.78 is 39.1. The number of benzene rings is 1. The number of carbonyl (C=O) groups excluding carboxylic acids is 1. The van der Waals surface area contributed by atoms with E-state index in [1.807, 2.05) is 0 Å². The zero-order valence-corrected chi connectivity index (χ0v) is 8.81. The smallest absolute Gasteiger partial charge is 0.406 e. The molecule has 0 amide bonds. The van der Waals surface area contributed by atoms with Crippen LogP contribution in [0.4, 0.5) is 13.2 Å². The molecular weight excluding hydrogens is 245 g/mol. The maximum atomic E-state index is 11.8. The largest absolute Gasteiger partial charge is 0.573 e. The van der Waals surface area contributed by atoms with Crippen molar-refractivity contribution >= 4 is 17.4 Å². The summed E-state index contributed by atoms with van der Waals surface area (Å²) in [5, 5.41) is 0. The summed E-state index contributed by atoms with van der Waals surface area (Å²) in [6.45, 7) is 0. The molecule has 0 N–H and O–H groups in total. The number of carbonyl (C=O) groups is 1. The molecule has 6 heteroatoms. The second kappa shape index (κ2) is 5.21. The van der Waals surface area contributed by atoms with Gasteiger partial charge in [0.2, 0.25) is 0 Å². The van der Waals surface area contributed by atoms with E-state index in [0.29, 0.717) is 5.56 Å². The summed E-state index contributed by atoms with van der Waals surface area (Å²) in [4.78, 5) is 11.0. The Morgan fingerprint density at radius 1 is 1.25 bits per heavy atom. The van der Waals surface area contributed by atoms with Gasteiger partial charge < -0.3 is 4.74 Å². The van der Waals surface area contributed by atoms with Gasteiger partial charge in [0.05, 0.1) is 5.88 Å². The molecule has 0 heterocycles. The fourth-order valence-corrected chi connectivity index (χ4v) is 1.18. The van der Waals surface area contributed by atoms with Crippen molar-refractivity contribution in [2.24, 2.45) is 0 Å². The average Bonchev–Trinajstić information content (AvgIpc) is 2.18. The molecule has 2 nitrogen and oxygen atoms in total. The first-order chi connectivity index (χ1) is 7.40. The molecule has 1 rings (SSSR count). The van der Waals surface area contributed by atoms with Crippen LogP contribution >= 0.6 is 11.6 Å². The number of halogens is 4. The highest BCUT2D eigenvalue weighted by Gasteiger charge is 2.30. The molecule has 0 unspecified atom stereocenters. The summed E-state index contributed by atoms with van der Waals surface area (Å²) >= 11 is 5.30. The Hall–Kier alpha value is -1.23. The van der Waals surface area contributed by atoms with Crippen LogP contribution in [-0.4, -0.2) is 18.0 Å². The first-order valence-corrected chi connectivity index (χ1v) is 4.86. The predicted octanol–water partition coefficient (Wildman–Crippen LogP) is 2.94. The molecule has 0 spiro atoms. The Morgan fingerprint density at radius 3 is 2.25 bits per heavy atom. The molecular formula is C10H8ClF3O2. The fraction of sp³-hybridized carbons (Fsp3) is 0.300. The van der Waals surface area contributed by atoms with Crippen molar-refractivity contribution in [3.8, 4) is 5.75 Å². The topological polar surface area (TPSA) is 26.3 Å². The minimum atomic E-state index is -4.70. The molecule has 0 bridgehead atoms. The van der Waals surface area contributed by atoms with E-state index in [4.69, 9.17) is 11.6 Å². The van der Waals surface area contributed by atoms with Crippen molar-refractivity contribution in [3.63, 3.8) is 0 Å². The summed E-state index contributed by atoms with van der Waals surface area (Å²) in [6, 6.07) is 5.10. The SMILES string of the molecule is O=C(CCl)Cc1ccc(OC(F)(F)F)cc1. The van der Waals surface area contributed by atoms with Crippen molar-refractivity contribution < 1.29 is 22.7 Å². The zero-order valence-electron chi connectivity index (χ0n) is 8.05.